The van der Waals surface area contributed by atoms with Crippen molar-refractivity contribution in [3.05, 3.63) is 89.2 Å². The highest BCUT2D eigenvalue weighted by Gasteiger charge is 2.15. The Morgan fingerprint density at radius 2 is 1.64 bits per heavy atom. The van der Waals surface area contributed by atoms with Crippen molar-refractivity contribution in [1.82, 2.24) is 4.98 Å². The molecule has 0 atom stereocenters. The maximum atomic E-state index is 13.0. The number of amides is 1. The summed E-state index contributed by atoms with van der Waals surface area (Å²) in [5, 5.41) is 2.94. The SMILES string of the molecule is CC(C)(C)c1ccc(C(=O)Nc2ccc3nc(SCC(=O)c4ccc(F)cc4)sc3c2)cc1. The molecule has 168 valence electrons. The maximum Gasteiger partial charge on any atom is 0.255 e. The summed E-state index contributed by atoms with van der Waals surface area (Å²) in [6, 6.07) is 18.8. The van der Waals surface area contributed by atoms with Gasteiger partial charge in [0.1, 0.15) is 5.82 Å². The number of carbonyl (C=O) groups excluding carboxylic acids is 2. The Labute approximate surface area is 200 Å². The zero-order valence-corrected chi connectivity index (χ0v) is 20.1. The number of fused-ring (bicyclic) bond motifs is 1. The molecule has 4 rings (SSSR count). The molecule has 1 amide bonds. The van der Waals surface area contributed by atoms with Crippen LogP contribution in [-0.4, -0.2) is 22.4 Å². The smallest absolute Gasteiger partial charge is 0.255 e. The summed E-state index contributed by atoms with van der Waals surface area (Å²) in [7, 11) is 0. The van der Waals surface area contributed by atoms with Crippen LogP contribution in [0.1, 0.15) is 47.1 Å². The van der Waals surface area contributed by atoms with E-state index in [-0.39, 0.29) is 28.7 Å². The lowest BCUT2D eigenvalue weighted by Crippen LogP contribution is -2.14. The summed E-state index contributed by atoms with van der Waals surface area (Å²) < 4.78 is 14.7. The predicted octanol–water partition coefficient (Wildman–Crippen LogP) is 6.96. The van der Waals surface area contributed by atoms with Gasteiger partial charge in [0.2, 0.25) is 0 Å². The molecule has 0 aliphatic heterocycles. The number of halogens is 1. The molecule has 1 aromatic heterocycles. The number of ketones is 1. The van der Waals surface area contributed by atoms with E-state index >= 15 is 0 Å². The number of thiazole rings is 1. The maximum absolute atomic E-state index is 13.0. The minimum atomic E-state index is -0.366. The van der Waals surface area contributed by atoms with Gasteiger partial charge in [0.25, 0.3) is 5.91 Å². The van der Waals surface area contributed by atoms with Crippen LogP contribution in [0.15, 0.2) is 71.1 Å². The molecule has 7 heteroatoms. The molecule has 0 fully saturated rings. The first-order valence-corrected chi connectivity index (χ1v) is 12.2. The summed E-state index contributed by atoms with van der Waals surface area (Å²) in [5.74, 6) is -0.390. The fraction of sp³-hybridized carbons (Fsp3) is 0.192. The Balaban J connectivity index is 1.41. The third kappa shape index (κ3) is 5.67. The van der Waals surface area contributed by atoms with Gasteiger partial charge in [-0.05, 0) is 65.6 Å². The van der Waals surface area contributed by atoms with Gasteiger partial charge in [-0.1, -0.05) is 44.7 Å². The van der Waals surface area contributed by atoms with Crippen LogP contribution in [-0.2, 0) is 5.41 Å². The number of thioether (sulfide) groups is 1. The predicted molar refractivity (Wildman–Crippen MR) is 134 cm³/mol. The number of anilines is 1. The molecule has 0 bridgehead atoms. The van der Waals surface area contributed by atoms with Gasteiger partial charge in [0.05, 0.1) is 16.0 Å². The summed E-state index contributed by atoms with van der Waals surface area (Å²) in [5.41, 5.74) is 3.78. The summed E-state index contributed by atoms with van der Waals surface area (Å²) in [6.07, 6.45) is 0. The van der Waals surface area contributed by atoms with Crippen LogP contribution >= 0.6 is 23.1 Å². The molecule has 33 heavy (non-hydrogen) atoms. The number of rotatable bonds is 6. The second kappa shape index (κ2) is 9.45. The lowest BCUT2D eigenvalue weighted by molar-refractivity contribution is 0.101. The van der Waals surface area contributed by atoms with Crippen molar-refractivity contribution in [3.8, 4) is 0 Å². The average molecular weight is 479 g/mol. The van der Waals surface area contributed by atoms with Crippen molar-refractivity contribution in [1.29, 1.82) is 0 Å². The van der Waals surface area contributed by atoms with E-state index in [1.165, 1.54) is 52.9 Å². The zero-order valence-electron chi connectivity index (χ0n) is 18.5. The fourth-order valence-electron chi connectivity index (χ4n) is 3.21. The first-order valence-electron chi connectivity index (χ1n) is 10.4. The minimum absolute atomic E-state index is 0.0333. The minimum Gasteiger partial charge on any atom is -0.322 e. The molecule has 0 radical (unpaired) electrons. The van der Waals surface area contributed by atoms with Crippen LogP contribution < -0.4 is 5.32 Å². The largest absolute Gasteiger partial charge is 0.322 e. The third-order valence-electron chi connectivity index (χ3n) is 5.13. The Hall–Kier alpha value is -3.03. The molecule has 1 heterocycles. The van der Waals surface area contributed by atoms with E-state index in [2.05, 4.69) is 31.1 Å². The molecule has 0 aliphatic rings. The van der Waals surface area contributed by atoms with Crippen molar-refractivity contribution in [2.45, 2.75) is 30.5 Å². The molecular weight excluding hydrogens is 455 g/mol. The monoisotopic (exact) mass is 478 g/mol. The molecule has 0 aliphatic carbocycles. The number of nitrogens with one attached hydrogen (secondary N) is 1. The van der Waals surface area contributed by atoms with Crippen molar-refractivity contribution in [3.63, 3.8) is 0 Å². The van der Waals surface area contributed by atoms with E-state index in [0.717, 1.165) is 14.6 Å². The number of benzene rings is 3. The lowest BCUT2D eigenvalue weighted by atomic mass is 9.87. The first kappa shape index (κ1) is 23.1. The van der Waals surface area contributed by atoms with Gasteiger partial charge >= 0.3 is 0 Å². The van der Waals surface area contributed by atoms with Gasteiger partial charge in [0, 0.05) is 16.8 Å². The average Bonchev–Trinajstić information content (AvgIpc) is 3.19. The highest BCUT2D eigenvalue weighted by molar-refractivity contribution is 8.01. The van der Waals surface area contributed by atoms with Crippen LogP contribution in [0, 0.1) is 5.82 Å². The van der Waals surface area contributed by atoms with Gasteiger partial charge < -0.3 is 5.32 Å². The number of aromatic nitrogens is 1. The molecule has 1 N–H and O–H groups in total. The van der Waals surface area contributed by atoms with Gasteiger partial charge in [0.15, 0.2) is 10.1 Å². The van der Waals surface area contributed by atoms with Crippen LogP contribution in [0.2, 0.25) is 0 Å². The quantitative estimate of drug-likeness (QED) is 0.240. The molecule has 0 saturated carbocycles. The standard InChI is InChI=1S/C26H23FN2O2S2/c1-26(2,3)18-8-4-17(5-9-18)24(31)28-20-12-13-21-23(14-20)33-25(29-21)32-15-22(30)16-6-10-19(27)11-7-16/h4-14H,15H2,1-3H3,(H,28,31). The Morgan fingerprint density at radius 1 is 0.970 bits per heavy atom. The topological polar surface area (TPSA) is 59.1 Å². The van der Waals surface area contributed by atoms with E-state index in [4.69, 9.17) is 0 Å². The van der Waals surface area contributed by atoms with Crippen LogP contribution in [0.4, 0.5) is 10.1 Å². The molecule has 0 unspecified atom stereocenters. The van der Waals surface area contributed by atoms with Crippen LogP contribution in [0.25, 0.3) is 10.2 Å². The number of Topliss-reactive ketones (excluding diaryl/α,β-unsaturated/α-hetero) is 1. The highest BCUT2D eigenvalue weighted by Crippen LogP contribution is 2.32. The highest BCUT2D eigenvalue weighted by atomic mass is 32.2. The van der Waals surface area contributed by atoms with Gasteiger partial charge in [-0.15, -0.1) is 11.3 Å². The number of carbonyl (C=O) groups is 2. The lowest BCUT2D eigenvalue weighted by Gasteiger charge is -2.19. The van der Waals surface area contributed by atoms with Crippen molar-refractivity contribution in [2.24, 2.45) is 0 Å². The van der Waals surface area contributed by atoms with E-state index in [0.29, 0.717) is 16.8 Å². The third-order valence-corrected chi connectivity index (χ3v) is 7.29. The molecular formula is C26H23FN2O2S2. The van der Waals surface area contributed by atoms with Crippen LogP contribution in [0.3, 0.4) is 0 Å². The van der Waals surface area contributed by atoms with Crippen molar-refractivity contribution in [2.75, 3.05) is 11.1 Å². The summed E-state index contributed by atoms with van der Waals surface area (Å²) in [4.78, 5) is 29.5. The normalized spacial score (nSPS) is 11.5. The van der Waals surface area contributed by atoms with E-state index in [1.807, 2.05) is 42.5 Å². The molecule has 0 spiro atoms. The number of hydrogen-bond acceptors (Lipinski definition) is 5. The van der Waals surface area contributed by atoms with E-state index in [1.54, 1.807) is 0 Å². The number of hydrogen-bond donors (Lipinski definition) is 1. The van der Waals surface area contributed by atoms with E-state index < -0.39 is 0 Å². The van der Waals surface area contributed by atoms with Crippen molar-refractivity contribution < 1.29 is 14.0 Å². The first-order chi connectivity index (χ1) is 15.7. The van der Waals surface area contributed by atoms with Crippen LogP contribution in [0.5, 0.6) is 0 Å². The van der Waals surface area contributed by atoms with E-state index in [9.17, 15) is 14.0 Å². The van der Waals surface area contributed by atoms with Gasteiger partial charge in [-0.2, -0.15) is 0 Å². The zero-order chi connectivity index (χ0) is 23.6. The fourth-order valence-corrected chi connectivity index (χ4v) is 5.22. The summed E-state index contributed by atoms with van der Waals surface area (Å²) >= 11 is 2.82. The number of nitrogens with zero attached hydrogens (tertiary/aromatic N) is 1. The Kier molecular flexibility index (Phi) is 6.63. The Bertz CT molecular complexity index is 1310. The Morgan fingerprint density at radius 3 is 2.30 bits per heavy atom. The van der Waals surface area contributed by atoms with Gasteiger partial charge in [-0.3, -0.25) is 9.59 Å². The molecule has 4 nitrogen and oxygen atoms in total. The second-order valence-electron chi connectivity index (χ2n) is 8.66. The molecule has 0 saturated heterocycles. The molecule has 4 aromatic rings. The molecule has 3 aromatic carbocycles. The second-order valence-corrected chi connectivity index (χ2v) is 10.9. The van der Waals surface area contributed by atoms with Crippen molar-refractivity contribution >= 4 is 50.7 Å². The summed E-state index contributed by atoms with van der Waals surface area (Å²) in [6.45, 7) is 6.41. The van der Waals surface area contributed by atoms with Gasteiger partial charge in [-0.25, -0.2) is 9.37 Å².